The van der Waals surface area contributed by atoms with Gasteiger partial charge in [0.05, 0.1) is 28.6 Å². The van der Waals surface area contributed by atoms with Gasteiger partial charge in [0.15, 0.2) is 10.1 Å². The van der Waals surface area contributed by atoms with Gasteiger partial charge in [0.25, 0.3) is 0 Å². The molecule has 0 saturated heterocycles. The van der Waals surface area contributed by atoms with E-state index in [0.29, 0.717) is 0 Å². The van der Waals surface area contributed by atoms with Crippen LogP contribution in [0.5, 0.6) is 0 Å². The molecule has 0 radical (unpaired) electrons. The molecule has 1 aromatic carbocycles. The molecule has 1 saturated carbocycles. The molecule has 1 aliphatic rings. The predicted molar refractivity (Wildman–Crippen MR) is 107 cm³/mol. The number of thiazole rings is 2. The van der Waals surface area contributed by atoms with Gasteiger partial charge < -0.3 is 10.4 Å². The summed E-state index contributed by atoms with van der Waals surface area (Å²) in [5.74, 6) is 0. The number of aromatic nitrogens is 3. The average Bonchev–Trinajstić information content (AvgIpc) is 3.33. The van der Waals surface area contributed by atoms with E-state index in [9.17, 15) is 5.11 Å². The van der Waals surface area contributed by atoms with Crippen LogP contribution in [-0.4, -0.2) is 31.6 Å². The largest absolute Gasteiger partial charge is 0.391 e. The Labute approximate surface area is 159 Å². The quantitative estimate of drug-likeness (QED) is 0.550. The van der Waals surface area contributed by atoms with Crippen LogP contribution in [0.4, 0.5) is 5.13 Å². The third kappa shape index (κ3) is 3.00. The number of aliphatic hydroxyl groups excluding tert-OH is 1. The third-order valence-electron chi connectivity index (χ3n) is 5.10. The molecule has 0 spiro atoms. The second-order valence-corrected chi connectivity index (χ2v) is 8.81. The number of hydrogen-bond acceptors (Lipinski definition) is 6. The molecule has 3 aromatic heterocycles. The molecule has 0 bridgehead atoms. The van der Waals surface area contributed by atoms with Crippen LogP contribution in [0.2, 0.25) is 0 Å². The van der Waals surface area contributed by atoms with Crippen LogP contribution in [0.15, 0.2) is 36.0 Å². The lowest BCUT2D eigenvalue weighted by Crippen LogP contribution is -2.36. The smallest absolute Gasteiger partial charge is 0.193 e. The number of rotatable bonds is 4. The first-order valence-corrected chi connectivity index (χ1v) is 10.7. The Kier molecular flexibility index (Phi) is 4.15. The van der Waals surface area contributed by atoms with Crippen molar-refractivity contribution in [3.05, 3.63) is 47.2 Å². The van der Waals surface area contributed by atoms with Gasteiger partial charge in [-0.3, -0.25) is 4.40 Å². The summed E-state index contributed by atoms with van der Waals surface area (Å²) in [6.45, 7) is 0. The highest BCUT2D eigenvalue weighted by Crippen LogP contribution is 2.30. The predicted octanol–water partition coefficient (Wildman–Crippen LogP) is 4.31. The summed E-state index contributed by atoms with van der Waals surface area (Å²) in [6.07, 6.45) is 8.82. The van der Waals surface area contributed by atoms with E-state index >= 15 is 0 Å². The molecular weight excluding hydrogens is 364 g/mol. The first-order valence-electron chi connectivity index (χ1n) is 9.00. The van der Waals surface area contributed by atoms with Crippen LogP contribution < -0.4 is 5.32 Å². The van der Waals surface area contributed by atoms with Crippen LogP contribution in [0.1, 0.15) is 36.9 Å². The molecule has 0 unspecified atom stereocenters. The highest BCUT2D eigenvalue weighted by Gasteiger charge is 2.23. The molecule has 1 fully saturated rings. The van der Waals surface area contributed by atoms with E-state index in [-0.39, 0.29) is 12.1 Å². The second-order valence-electron chi connectivity index (χ2n) is 6.91. The maximum atomic E-state index is 10.2. The molecule has 26 heavy (non-hydrogen) atoms. The van der Waals surface area contributed by atoms with Gasteiger partial charge in [-0.1, -0.05) is 30.2 Å². The number of imidazole rings is 1. The normalized spacial score (nSPS) is 20.8. The fourth-order valence-electron chi connectivity index (χ4n) is 3.69. The number of nitrogens with one attached hydrogen (secondary N) is 1. The Hall–Kier alpha value is -1.96. The van der Waals surface area contributed by atoms with Crippen molar-refractivity contribution < 1.29 is 5.11 Å². The standard InChI is InChI=1S/C19H20N4OS2/c24-16-4-2-1-3-14(16)21-18-22-15-6-5-12(10-17(15)26-18)9-13-11-20-19-23(13)7-8-25-19/h5-8,10-11,14,16,24H,1-4,9H2,(H,21,22)/t14-,16-/m1/s1. The zero-order chi connectivity index (χ0) is 17.5. The van der Waals surface area contributed by atoms with E-state index < -0.39 is 0 Å². The topological polar surface area (TPSA) is 62.5 Å². The molecule has 0 amide bonds. The molecule has 0 aliphatic heterocycles. The van der Waals surface area contributed by atoms with Gasteiger partial charge in [0.1, 0.15) is 0 Å². The number of benzene rings is 1. The summed E-state index contributed by atoms with van der Waals surface area (Å²) < 4.78 is 3.33. The van der Waals surface area contributed by atoms with Gasteiger partial charge in [0.2, 0.25) is 0 Å². The van der Waals surface area contributed by atoms with Crippen molar-refractivity contribution in [3.8, 4) is 0 Å². The summed E-state index contributed by atoms with van der Waals surface area (Å²) >= 11 is 3.33. The third-order valence-corrected chi connectivity index (χ3v) is 6.82. The molecule has 1 aliphatic carbocycles. The first kappa shape index (κ1) is 16.2. The average molecular weight is 385 g/mol. The lowest BCUT2D eigenvalue weighted by molar-refractivity contribution is 0.116. The Balaban J connectivity index is 1.38. The number of nitrogens with zero attached hydrogens (tertiary/aromatic N) is 3. The van der Waals surface area contributed by atoms with Gasteiger partial charge in [-0.15, -0.1) is 11.3 Å². The van der Waals surface area contributed by atoms with Crippen LogP contribution in [0, 0.1) is 0 Å². The number of anilines is 1. The van der Waals surface area contributed by atoms with E-state index in [1.807, 2.05) is 6.20 Å². The molecule has 3 heterocycles. The van der Waals surface area contributed by atoms with Crippen molar-refractivity contribution in [2.24, 2.45) is 0 Å². The van der Waals surface area contributed by atoms with Gasteiger partial charge >= 0.3 is 0 Å². The Bertz CT molecular complexity index is 1050. The monoisotopic (exact) mass is 384 g/mol. The van der Waals surface area contributed by atoms with Gasteiger partial charge in [0, 0.05) is 23.7 Å². The van der Waals surface area contributed by atoms with Crippen molar-refractivity contribution in [3.63, 3.8) is 0 Å². The molecule has 7 heteroatoms. The lowest BCUT2D eigenvalue weighted by Gasteiger charge is -2.27. The maximum absolute atomic E-state index is 10.2. The zero-order valence-electron chi connectivity index (χ0n) is 14.3. The molecule has 2 N–H and O–H groups in total. The molecular formula is C19H20N4OS2. The van der Waals surface area contributed by atoms with E-state index in [2.05, 4.69) is 44.5 Å². The summed E-state index contributed by atoms with van der Waals surface area (Å²) in [5.41, 5.74) is 3.48. The van der Waals surface area contributed by atoms with Crippen molar-refractivity contribution in [1.82, 2.24) is 14.4 Å². The molecule has 2 atom stereocenters. The Morgan fingerprint density at radius 2 is 2.19 bits per heavy atom. The SMILES string of the molecule is O[C@@H]1CCCC[C@H]1Nc1nc2ccc(Cc3cnc4sccn34)cc2s1. The highest BCUT2D eigenvalue weighted by molar-refractivity contribution is 7.22. The molecule has 134 valence electrons. The maximum Gasteiger partial charge on any atom is 0.193 e. The highest BCUT2D eigenvalue weighted by atomic mass is 32.1. The summed E-state index contributed by atoms with van der Waals surface area (Å²) in [6, 6.07) is 6.59. The minimum Gasteiger partial charge on any atom is -0.391 e. The molecule has 5 rings (SSSR count). The van der Waals surface area contributed by atoms with E-state index in [4.69, 9.17) is 4.98 Å². The van der Waals surface area contributed by atoms with Crippen LogP contribution >= 0.6 is 22.7 Å². The fraction of sp³-hybridized carbons (Fsp3) is 0.368. The lowest BCUT2D eigenvalue weighted by atomic mass is 9.93. The fourth-order valence-corrected chi connectivity index (χ4v) is 5.40. The summed E-state index contributed by atoms with van der Waals surface area (Å²) in [5, 5.41) is 16.6. The van der Waals surface area contributed by atoms with Crippen LogP contribution in [-0.2, 0) is 6.42 Å². The van der Waals surface area contributed by atoms with Crippen LogP contribution in [0.3, 0.4) is 0 Å². The van der Waals surface area contributed by atoms with E-state index in [1.54, 1.807) is 22.7 Å². The van der Waals surface area contributed by atoms with Crippen LogP contribution in [0.25, 0.3) is 15.2 Å². The Morgan fingerprint density at radius 3 is 3.12 bits per heavy atom. The Morgan fingerprint density at radius 1 is 1.27 bits per heavy atom. The van der Waals surface area contributed by atoms with Crippen molar-refractivity contribution >= 4 is 43.0 Å². The number of fused-ring (bicyclic) bond motifs is 2. The second kappa shape index (κ2) is 6.64. The van der Waals surface area contributed by atoms with Gasteiger partial charge in [-0.25, -0.2) is 9.97 Å². The van der Waals surface area contributed by atoms with Crippen molar-refractivity contribution in [1.29, 1.82) is 0 Å². The zero-order valence-corrected chi connectivity index (χ0v) is 15.9. The van der Waals surface area contributed by atoms with Gasteiger partial charge in [-0.2, -0.15) is 0 Å². The molecule has 5 nitrogen and oxygen atoms in total. The number of aliphatic hydroxyl groups is 1. The van der Waals surface area contributed by atoms with Crippen molar-refractivity contribution in [2.75, 3.05) is 5.32 Å². The first-order chi connectivity index (χ1) is 12.8. The van der Waals surface area contributed by atoms with Gasteiger partial charge in [-0.05, 0) is 30.5 Å². The minimum absolute atomic E-state index is 0.127. The minimum atomic E-state index is -0.263. The summed E-state index contributed by atoms with van der Waals surface area (Å²) in [4.78, 5) is 10.2. The van der Waals surface area contributed by atoms with E-state index in [0.717, 1.165) is 41.3 Å². The van der Waals surface area contributed by atoms with Crippen molar-refractivity contribution in [2.45, 2.75) is 44.2 Å². The molecule has 4 aromatic rings. The number of hydrogen-bond donors (Lipinski definition) is 2. The summed E-state index contributed by atoms with van der Waals surface area (Å²) in [7, 11) is 0. The van der Waals surface area contributed by atoms with E-state index in [1.165, 1.54) is 22.4 Å².